The summed E-state index contributed by atoms with van der Waals surface area (Å²) in [6.45, 7) is 4.96. The van der Waals surface area contributed by atoms with E-state index in [-0.39, 0.29) is 29.7 Å². The Balaban J connectivity index is 1.29. The first-order valence-electron chi connectivity index (χ1n) is 11.2. The Morgan fingerprint density at radius 2 is 1.79 bits per heavy atom. The molecule has 0 spiro atoms. The quantitative estimate of drug-likeness (QED) is 0.381. The molecule has 0 bridgehead atoms. The van der Waals surface area contributed by atoms with Gasteiger partial charge in [-0.05, 0) is 54.8 Å². The van der Waals surface area contributed by atoms with Gasteiger partial charge in [0.2, 0.25) is 5.91 Å². The molecular weight excluding hydrogens is 458 g/mol. The summed E-state index contributed by atoms with van der Waals surface area (Å²) in [5, 5.41) is 6.67. The summed E-state index contributed by atoms with van der Waals surface area (Å²) in [6, 6.07) is 13.1. The molecule has 4 rings (SSSR count). The van der Waals surface area contributed by atoms with E-state index in [0.717, 1.165) is 17.5 Å². The molecule has 34 heavy (non-hydrogen) atoms. The Hall–Kier alpha value is -2.80. The van der Waals surface area contributed by atoms with Gasteiger partial charge in [-0.2, -0.15) is 0 Å². The topological polar surface area (TPSA) is 90.7 Å². The van der Waals surface area contributed by atoms with Crippen LogP contribution in [0, 0.1) is 11.2 Å². The molecule has 9 heteroatoms. The van der Waals surface area contributed by atoms with Crippen molar-refractivity contribution in [3.05, 3.63) is 71.7 Å². The number of aromatic nitrogens is 1. The van der Waals surface area contributed by atoms with Crippen molar-refractivity contribution >= 4 is 19.2 Å². The minimum atomic E-state index is -3.17. The van der Waals surface area contributed by atoms with Crippen LogP contribution >= 0.6 is 7.60 Å². The van der Waals surface area contributed by atoms with E-state index in [9.17, 15) is 13.8 Å². The van der Waals surface area contributed by atoms with Crippen LogP contribution in [0.3, 0.4) is 0 Å². The lowest BCUT2D eigenvalue weighted by atomic mass is 9.90. The number of nitrogens with zero attached hydrogens (tertiary/aromatic N) is 1. The minimum Gasteiger partial charge on any atom is -0.356 e. The zero-order valence-corrected chi connectivity index (χ0v) is 20.1. The summed E-state index contributed by atoms with van der Waals surface area (Å²) in [7, 11) is -3.17. The van der Waals surface area contributed by atoms with Crippen LogP contribution in [0.5, 0.6) is 0 Å². The predicted molar refractivity (Wildman–Crippen MR) is 127 cm³/mol. The number of hydrogen-bond acceptors (Lipinski definition) is 6. The van der Waals surface area contributed by atoms with Gasteiger partial charge in [-0.3, -0.25) is 9.36 Å². The van der Waals surface area contributed by atoms with Gasteiger partial charge in [-0.1, -0.05) is 31.1 Å². The van der Waals surface area contributed by atoms with E-state index in [0.29, 0.717) is 36.6 Å². The highest BCUT2D eigenvalue weighted by atomic mass is 31.2. The number of hydrogen-bond donors (Lipinski definition) is 1. The van der Waals surface area contributed by atoms with Crippen molar-refractivity contribution in [2.75, 3.05) is 18.5 Å². The van der Waals surface area contributed by atoms with Gasteiger partial charge in [-0.25, -0.2) is 4.39 Å². The first-order valence-corrected chi connectivity index (χ1v) is 13.0. The smallest absolute Gasteiger partial charge is 0.335 e. The molecule has 1 aromatic heterocycles. The van der Waals surface area contributed by atoms with Gasteiger partial charge in [0.05, 0.1) is 25.6 Å². The van der Waals surface area contributed by atoms with E-state index in [1.54, 1.807) is 30.5 Å². The van der Waals surface area contributed by atoms with Gasteiger partial charge in [-0.15, -0.1) is 0 Å². The second-order valence-electron chi connectivity index (χ2n) is 8.91. The lowest BCUT2D eigenvalue weighted by Crippen LogP contribution is -2.32. The van der Waals surface area contributed by atoms with E-state index < -0.39 is 7.60 Å². The number of nitrogens with one attached hydrogen (secondary N) is 1. The molecule has 0 radical (unpaired) electrons. The van der Waals surface area contributed by atoms with Crippen molar-refractivity contribution in [2.24, 2.45) is 5.41 Å². The number of carbonyl (C=O) groups excluding carboxylic acids is 1. The number of benzene rings is 2. The summed E-state index contributed by atoms with van der Waals surface area (Å²) in [5.41, 5.74) is 2.83. The fourth-order valence-corrected chi connectivity index (χ4v) is 5.48. The molecule has 1 aliphatic heterocycles. The van der Waals surface area contributed by atoms with Crippen LogP contribution in [-0.2, 0) is 31.0 Å². The Morgan fingerprint density at radius 1 is 1.12 bits per heavy atom. The molecule has 2 aromatic carbocycles. The van der Waals surface area contributed by atoms with E-state index in [1.807, 2.05) is 12.1 Å². The third-order valence-electron chi connectivity index (χ3n) is 6.06. The van der Waals surface area contributed by atoms with Crippen LogP contribution in [0.15, 0.2) is 59.3 Å². The van der Waals surface area contributed by atoms with Crippen LogP contribution in [0.1, 0.15) is 37.8 Å². The third kappa shape index (κ3) is 6.00. The van der Waals surface area contributed by atoms with E-state index in [1.165, 1.54) is 12.1 Å². The molecule has 1 saturated heterocycles. The lowest BCUT2D eigenvalue weighted by Gasteiger charge is -2.36. The second-order valence-corrected chi connectivity index (χ2v) is 11.0. The molecule has 1 N–H and O–H groups in total. The van der Waals surface area contributed by atoms with Crippen LogP contribution in [0.25, 0.3) is 11.3 Å². The summed E-state index contributed by atoms with van der Waals surface area (Å²) in [6.07, 6.45) is 3.31. The molecular formula is C25H28FN2O5P. The number of rotatable bonds is 8. The first-order chi connectivity index (χ1) is 16.3. The number of anilines is 1. The van der Waals surface area contributed by atoms with Crippen molar-refractivity contribution < 1.29 is 27.3 Å². The summed E-state index contributed by atoms with van der Waals surface area (Å²) < 4.78 is 42.6. The van der Waals surface area contributed by atoms with Gasteiger partial charge in [0.1, 0.15) is 5.82 Å². The van der Waals surface area contributed by atoms with E-state index in [4.69, 9.17) is 13.6 Å². The molecule has 1 amide bonds. The number of amides is 1. The Labute approximate surface area is 198 Å². The number of aryl methyl sites for hydroxylation is 1. The maximum atomic E-state index is 13.2. The molecule has 180 valence electrons. The number of halogens is 1. The average Bonchev–Trinajstić information content (AvgIpc) is 3.30. The highest BCUT2D eigenvalue weighted by Gasteiger charge is 2.38. The molecule has 0 atom stereocenters. The van der Waals surface area contributed by atoms with Gasteiger partial charge in [0, 0.05) is 28.7 Å². The van der Waals surface area contributed by atoms with Crippen LogP contribution in [0.2, 0.25) is 0 Å². The zero-order chi connectivity index (χ0) is 24.2. The van der Waals surface area contributed by atoms with Crippen molar-refractivity contribution in [2.45, 2.75) is 39.3 Å². The van der Waals surface area contributed by atoms with Gasteiger partial charge in [0.25, 0.3) is 0 Å². The normalized spacial score (nSPS) is 22.4. The molecule has 0 aliphatic carbocycles. The summed E-state index contributed by atoms with van der Waals surface area (Å²) >= 11 is 0. The lowest BCUT2D eigenvalue weighted by molar-refractivity contribution is -0.116. The monoisotopic (exact) mass is 486 g/mol. The standard InChI is InChI=1S/C25H28FN2O5P/c1-3-25(2)16-31-34(30,32-17-25)15-18-4-11-22(12-5-18)28-23(29)13-8-20-14-27-33-24(20)19-6-9-21(26)10-7-19/h4-7,9-12,14H,3,8,13,15-17H2,1-2H3,(H,28,29). The van der Waals surface area contributed by atoms with Crippen molar-refractivity contribution in [3.8, 4) is 11.3 Å². The molecule has 7 nitrogen and oxygen atoms in total. The van der Waals surface area contributed by atoms with Crippen molar-refractivity contribution in [1.82, 2.24) is 5.16 Å². The second kappa shape index (κ2) is 10.2. The Bertz CT molecular complexity index is 1160. The van der Waals surface area contributed by atoms with Gasteiger partial charge >= 0.3 is 7.60 Å². The molecule has 3 aromatic rings. The maximum absolute atomic E-state index is 13.2. The van der Waals surface area contributed by atoms with Gasteiger partial charge in [0.15, 0.2) is 5.76 Å². The van der Waals surface area contributed by atoms with E-state index >= 15 is 0 Å². The first kappa shape index (κ1) is 24.3. The molecule has 0 unspecified atom stereocenters. The largest absolute Gasteiger partial charge is 0.356 e. The average molecular weight is 486 g/mol. The van der Waals surface area contributed by atoms with Gasteiger partial charge < -0.3 is 18.9 Å². The highest BCUT2D eigenvalue weighted by Crippen LogP contribution is 2.56. The molecule has 2 heterocycles. The van der Waals surface area contributed by atoms with Crippen LogP contribution in [-0.4, -0.2) is 24.3 Å². The van der Waals surface area contributed by atoms with Crippen molar-refractivity contribution in [3.63, 3.8) is 0 Å². The predicted octanol–water partition coefficient (Wildman–Crippen LogP) is 6.21. The SMILES string of the molecule is CCC1(C)COP(=O)(Cc2ccc(NC(=O)CCc3cnoc3-c3ccc(F)cc3)cc2)OC1. The Morgan fingerprint density at radius 3 is 2.44 bits per heavy atom. The summed E-state index contributed by atoms with van der Waals surface area (Å²) in [4.78, 5) is 12.4. The zero-order valence-electron chi connectivity index (χ0n) is 19.3. The summed E-state index contributed by atoms with van der Waals surface area (Å²) in [5.74, 6) is 0.0313. The van der Waals surface area contributed by atoms with Crippen molar-refractivity contribution in [1.29, 1.82) is 0 Å². The minimum absolute atomic E-state index is 0.103. The van der Waals surface area contributed by atoms with Crippen LogP contribution in [0.4, 0.5) is 10.1 Å². The molecule has 1 fully saturated rings. The number of carbonyl (C=O) groups is 1. The fraction of sp³-hybridized carbons (Fsp3) is 0.360. The third-order valence-corrected chi connectivity index (χ3v) is 7.86. The van der Waals surface area contributed by atoms with E-state index in [2.05, 4.69) is 24.3 Å². The van der Waals surface area contributed by atoms with Crippen LogP contribution < -0.4 is 5.32 Å². The molecule has 1 aliphatic rings. The molecule has 0 saturated carbocycles. The highest BCUT2D eigenvalue weighted by molar-refractivity contribution is 7.53. The Kier molecular flexibility index (Phi) is 7.31. The maximum Gasteiger partial charge on any atom is 0.335 e. The fourth-order valence-electron chi connectivity index (χ4n) is 3.55.